The van der Waals surface area contributed by atoms with Gasteiger partial charge in [0.25, 0.3) is 0 Å². The Balaban J connectivity index is 1.30. The van der Waals surface area contributed by atoms with Crippen LogP contribution in [0.3, 0.4) is 0 Å². The lowest BCUT2D eigenvalue weighted by Crippen LogP contribution is -2.62. The van der Waals surface area contributed by atoms with Gasteiger partial charge in [-0.15, -0.1) is 0 Å². The summed E-state index contributed by atoms with van der Waals surface area (Å²) >= 11 is 0. The number of piperidine rings is 1. The van der Waals surface area contributed by atoms with E-state index < -0.39 is 5.72 Å². The topological polar surface area (TPSA) is 108 Å². The highest BCUT2D eigenvalue weighted by molar-refractivity contribution is 5.74. The van der Waals surface area contributed by atoms with Crippen LogP contribution in [0.5, 0.6) is 0 Å². The van der Waals surface area contributed by atoms with Gasteiger partial charge in [0.05, 0.1) is 12.7 Å². The van der Waals surface area contributed by atoms with Gasteiger partial charge in [0.1, 0.15) is 17.9 Å². The number of carbonyl (C=O) groups excluding carboxylic acids is 4. The van der Waals surface area contributed by atoms with E-state index in [0.717, 1.165) is 44.9 Å². The summed E-state index contributed by atoms with van der Waals surface area (Å²) in [7, 11) is 0. The Bertz CT molecular complexity index is 1250. The van der Waals surface area contributed by atoms with Crippen LogP contribution in [0.25, 0.3) is 0 Å². The molecule has 6 aliphatic rings. The normalized spacial score (nSPS) is 45.8. The molecule has 0 aromatic rings. The van der Waals surface area contributed by atoms with Gasteiger partial charge in [-0.05, 0) is 68.1 Å². The van der Waals surface area contributed by atoms with E-state index in [2.05, 4.69) is 26.8 Å². The van der Waals surface area contributed by atoms with Gasteiger partial charge < -0.3 is 23.8 Å². The monoisotopic (exact) mass is 613 g/mol. The third-order valence-electron chi connectivity index (χ3n) is 13.2. The lowest BCUT2D eigenvalue weighted by Gasteiger charge is -2.60. The summed E-state index contributed by atoms with van der Waals surface area (Å²) in [6, 6.07) is 0. The van der Waals surface area contributed by atoms with Crippen molar-refractivity contribution in [1.29, 1.82) is 0 Å². The third kappa shape index (κ3) is 4.82. The molecule has 1 amide bonds. The molecule has 4 aliphatic carbocycles. The summed E-state index contributed by atoms with van der Waals surface area (Å²) in [4.78, 5) is 50.9. The number of esters is 3. The molecule has 12 atom stereocenters. The number of hydrogen-bond donors (Lipinski definition) is 0. The van der Waals surface area contributed by atoms with Gasteiger partial charge in [0.2, 0.25) is 5.91 Å². The molecule has 244 valence electrons. The number of fused-ring (bicyclic) bond motifs is 7. The van der Waals surface area contributed by atoms with E-state index >= 15 is 0 Å². The minimum absolute atomic E-state index is 0.0174. The van der Waals surface area contributed by atoms with E-state index in [1.54, 1.807) is 6.92 Å². The Morgan fingerprint density at radius 3 is 2.34 bits per heavy atom. The Morgan fingerprint density at radius 1 is 0.955 bits per heavy atom. The molecule has 0 bridgehead atoms. The minimum Gasteiger partial charge on any atom is -0.466 e. The molecule has 44 heavy (non-hydrogen) atoms. The maximum absolute atomic E-state index is 13.2. The van der Waals surface area contributed by atoms with Crippen LogP contribution in [0.4, 0.5) is 0 Å². The molecule has 1 spiro atoms. The van der Waals surface area contributed by atoms with E-state index in [1.807, 2.05) is 4.90 Å². The van der Waals surface area contributed by atoms with Crippen molar-refractivity contribution in [2.45, 2.75) is 124 Å². The van der Waals surface area contributed by atoms with E-state index in [1.165, 1.54) is 26.3 Å². The van der Waals surface area contributed by atoms with Crippen LogP contribution in [0, 0.1) is 46.3 Å². The first kappa shape index (κ1) is 31.6. The van der Waals surface area contributed by atoms with Gasteiger partial charge in [-0.1, -0.05) is 32.4 Å². The number of hydrogen-bond acceptors (Lipinski definition) is 8. The second-order valence-corrected chi connectivity index (χ2v) is 15.3. The summed E-state index contributed by atoms with van der Waals surface area (Å²) in [5.74, 6) is 0.636. The summed E-state index contributed by atoms with van der Waals surface area (Å²) in [6.07, 6.45) is 8.90. The first-order valence-corrected chi connectivity index (χ1v) is 16.8. The fourth-order valence-electron chi connectivity index (χ4n) is 11.4. The van der Waals surface area contributed by atoms with Crippen molar-refractivity contribution in [3.8, 4) is 0 Å². The molecule has 0 N–H and O–H groups in total. The molecule has 5 fully saturated rings. The second kappa shape index (κ2) is 11.1. The van der Waals surface area contributed by atoms with Crippen LogP contribution in [-0.2, 0) is 38.1 Å². The maximum atomic E-state index is 13.2. The second-order valence-electron chi connectivity index (χ2n) is 15.3. The van der Waals surface area contributed by atoms with Gasteiger partial charge in [-0.3, -0.25) is 19.2 Å². The molecule has 2 aliphatic heterocycles. The molecule has 9 heteroatoms. The average molecular weight is 614 g/mol. The zero-order valence-electron chi connectivity index (χ0n) is 27.6. The average Bonchev–Trinajstić information content (AvgIpc) is 3.39. The SMILES string of the molecule is CC(=O)OC[C@@H]1CC[C@]2(O[C@H]3C[C@H]4[C@@H]5CC=C6C[C@@H](OC(C)=O)CC[C@]6(C)[C@H]5C[C@@H](OC(C)=O)[C@]4(C)[C@H]3[C@@H]2C)N(C(C)=O)C1. The van der Waals surface area contributed by atoms with Crippen molar-refractivity contribution in [1.82, 2.24) is 4.90 Å². The number of likely N-dealkylation sites (tertiary alicyclic amines) is 1. The molecule has 0 radical (unpaired) electrons. The summed E-state index contributed by atoms with van der Waals surface area (Å²) in [6.45, 7) is 13.8. The molecule has 0 unspecified atom stereocenters. The van der Waals surface area contributed by atoms with Crippen molar-refractivity contribution in [2.24, 2.45) is 46.3 Å². The van der Waals surface area contributed by atoms with Crippen molar-refractivity contribution in [3.63, 3.8) is 0 Å². The van der Waals surface area contributed by atoms with E-state index in [-0.39, 0.29) is 70.7 Å². The van der Waals surface area contributed by atoms with Crippen LogP contribution < -0.4 is 0 Å². The lowest BCUT2D eigenvalue weighted by atomic mass is 9.46. The molecule has 3 saturated carbocycles. The Morgan fingerprint density at radius 2 is 1.68 bits per heavy atom. The molecular weight excluding hydrogens is 562 g/mol. The molecule has 9 nitrogen and oxygen atoms in total. The molecular formula is C35H51NO8. The number of amides is 1. The van der Waals surface area contributed by atoms with Gasteiger partial charge in [-0.25, -0.2) is 0 Å². The number of carbonyl (C=O) groups is 4. The van der Waals surface area contributed by atoms with Crippen molar-refractivity contribution in [2.75, 3.05) is 13.2 Å². The highest BCUT2D eigenvalue weighted by Gasteiger charge is 2.72. The Labute approximate surface area is 261 Å². The molecule has 2 saturated heterocycles. The van der Waals surface area contributed by atoms with Crippen LogP contribution >= 0.6 is 0 Å². The largest absolute Gasteiger partial charge is 0.466 e. The summed E-state index contributed by atoms with van der Waals surface area (Å²) < 4.78 is 24.4. The van der Waals surface area contributed by atoms with Gasteiger partial charge in [0, 0.05) is 63.8 Å². The number of ether oxygens (including phenoxy) is 4. The van der Waals surface area contributed by atoms with Crippen molar-refractivity contribution in [3.05, 3.63) is 11.6 Å². The van der Waals surface area contributed by atoms with Crippen LogP contribution in [0.2, 0.25) is 0 Å². The van der Waals surface area contributed by atoms with Crippen molar-refractivity contribution >= 4 is 23.8 Å². The zero-order chi connectivity index (χ0) is 31.8. The van der Waals surface area contributed by atoms with Gasteiger partial charge in [0.15, 0.2) is 0 Å². The number of rotatable bonds is 4. The Kier molecular flexibility index (Phi) is 7.98. The van der Waals surface area contributed by atoms with E-state index in [9.17, 15) is 19.2 Å². The van der Waals surface area contributed by atoms with Gasteiger partial charge in [-0.2, -0.15) is 0 Å². The van der Waals surface area contributed by atoms with Gasteiger partial charge >= 0.3 is 17.9 Å². The molecule has 0 aromatic carbocycles. The quantitative estimate of drug-likeness (QED) is 0.242. The highest BCUT2D eigenvalue weighted by Crippen LogP contribution is 2.71. The van der Waals surface area contributed by atoms with E-state index in [0.29, 0.717) is 37.3 Å². The molecule has 2 heterocycles. The highest BCUT2D eigenvalue weighted by atomic mass is 16.6. The summed E-state index contributed by atoms with van der Waals surface area (Å²) in [5.41, 5.74) is 0.385. The Hall–Kier alpha value is -2.42. The standard InChI is InChI=1S/C35H51NO8/c1-19-32-30(44-35(19)13-10-24(18-41-21(3)38)17-36(35)20(2)37)15-29-27-9-8-25-14-26(42-22(4)39)11-12-33(25,6)28(27)16-31(34(29,32)7)43-23(5)40/h8,19,24,26-32H,9-18H2,1-7H3/t19-,24+,26-,27+,28-,29-,30-,31+,32-,33-,34+,35+/m0/s1. The zero-order valence-corrected chi connectivity index (χ0v) is 27.6. The maximum Gasteiger partial charge on any atom is 0.302 e. The fraction of sp³-hybridized carbons (Fsp3) is 0.829. The number of nitrogens with zero attached hydrogens (tertiary/aromatic N) is 1. The fourth-order valence-corrected chi connectivity index (χ4v) is 11.4. The minimum atomic E-state index is -0.708. The predicted molar refractivity (Wildman–Crippen MR) is 161 cm³/mol. The first-order valence-electron chi connectivity index (χ1n) is 16.8. The summed E-state index contributed by atoms with van der Waals surface area (Å²) in [5, 5.41) is 0. The van der Waals surface area contributed by atoms with Crippen molar-refractivity contribution < 1.29 is 38.1 Å². The smallest absolute Gasteiger partial charge is 0.302 e. The lowest BCUT2D eigenvalue weighted by molar-refractivity contribution is -0.207. The van der Waals surface area contributed by atoms with E-state index in [4.69, 9.17) is 18.9 Å². The first-order chi connectivity index (χ1) is 20.7. The molecule has 0 aromatic heterocycles. The third-order valence-corrected chi connectivity index (χ3v) is 13.2. The number of allylic oxidation sites excluding steroid dienone is 1. The van der Waals surface area contributed by atoms with Crippen LogP contribution in [0.15, 0.2) is 11.6 Å². The molecule has 6 rings (SSSR count). The van der Waals surface area contributed by atoms with Crippen LogP contribution in [0.1, 0.15) is 99.8 Å². The van der Waals surface area contributed by atoms with Crippen LogP contribution in [-0.4, -0.2) is 65.9 Å². The predicted octanol–water partition coefficient (Wildman–Crippen LogP) is 5.20.